The zero-order valence-corrected chi connectivity index (χ0v) is 5.15. The Balaban J connectivity index is 2.74. The average Bonchev–Trinajstić information content (AvgIpc) is 1.88. The van der Waals surface area contributed by atoms with E-state index < -0.39 is 0 Å². The van der Waals surface area contributed by atoms with E-state index >= 15 is 0 Å². The summed E-state index contributed by atoms with van der Waals surface area (Å²) in [6, 6.07) is 10.1. The fraction of sp³-hybridized carbons (Fsp3) is 0. The van der Waals surface area contributed by atoms with Crippen molar-refractivity contribution in [3.05, 3.63) is 35.4 Å². The summed E-state index contributed by atoms with van der Waals surface area (Å²) in [5, 5.41) is 2.20. The van der Waals surface area contributed by atoms with E-state index in [4.69, 9.17) is 0 Å². The second kappa shape index (κ2) is 1.11. The summed E-state index contributed by atoms with van der Waals surface area (Å²) in [6.45, 7) is 0. The number of fused-ring (bicyclic) bond motifs is 1. The van der Waals surface area contributed by atoms with Gasteiger partial charge in [0.15, 0.2) is 0 Å². The zero-order valence-electron chi connectivity index (χ0n) is 5.15. The molecule has 0 atom stereocenters. The first kappa shape index (κ1) is 4.20. The van der Waals surface area contributed by atoms with Crippen LogP contribution in [0.25, 0.3) is 10.8 Å². The number of hydrogen-bond donors (Lipinski definition) is 0. The maximum absolute atomic E-state index is 3.03. The minimum absolute atomic E-state index is 1.10. The van der Waals surface area contributed by atoms with Crippen LogP contribution in [0, 0.1) is 24.0 Å². The van der Waals surface area contributed by atoms with E-state index in [1.165, 1.54) is 0 Å². The quantitative estimate of drug-likeness (QED) is 0.397. The molecule has 0 nitrogen and oxygen atoms in total. The van der Waals surface area contributed by atoms with Crippen molar-refractivity contribution in [1.82, 2.24) is 0 Å². The van der Waals surface area contributed by atoms with Gasteiger partial charge in [0.05, 0.1) is 11.1 Å². The summed E-state index contributed by atoms with van der Waals surface area (Å²) in [4.78, 5) is 0. The first-order valence-electron chi connectivity index (χ1n) is 3.16. The van der Waals surface area contributed by atoms with E-state index in [2.05, 4.69) is 24.0 Å². The first-order chi connectivity index (χ1) is 4.95. The van der Waals surface area contributed by atoms with Crippen molar-refractivity contribution in [3.8, 4) is 11.8 Å². The molecule has 4 rings (SSSR count). The number of rotatable bonds is 0. The summed E-state index contributed by atoms with van der Waals surface area (Å²) in [6.07, 6.45) is 0. The fourth-order valence-corrected chi connectivity index (χ4v) is 1.27. The van der Waals surface area contributed by atoms with E-state index in [1.54, 1.807) is 0 Å². The van der Waals surface area contributed by atoms with Gasteiger partial charge in [-0.05, 0) is 12.1 Å². The monoisotopic (exact) mass is 122 g/mol. The molecule has 3 aromatic carbocycles. The van der Waals surface area contributed by atoms with Crippen molar-refractivity contribution in [2.24, 2.45) is 0 Å². The van der Waals surface area contributed by atoms with Crippen LogP contribution in [0.3, 0.4) is 0 Å². The molecular formula is C10H2. The minimum Gasteiger partial charge on any atom is -0.0602 e. The van der Waals surface area contributed by atoms with Crippen LogP contribution in [0.1, 0.15) is 11.1 Å². The average molecular weight is 122 g/mol. The molecule has 10 heavy (non-hydrogen) atoms. The topological polar surface area (TPSA) is 0 Å². The van der Waals surface area contributed by atoms with E-state index in [-0.39, 0.29) is 0 Å². The number of benzene rings is 1. The second-order valence-corrected chi connectivity index (χ2v) is 2.41. The molecule has 2 bridgehead atoms. The first-order valence-corrected chi connectivity index (χ1v) is 3.16. The van der Waals surface area contributed by atoms with Gasteiger partial charge in [-0.2, -0.15) is 0 Å². The van der Waals surface area contributed by atoms with Crippen LogP contribution < -0.4 is 0 Å². The molecule has 0 aliphatic heterocycles. The molecule has 0 N–H and O–H groups in total. The van der Waals surface area contributed by atoms with Crippen LogP contribution in [0.4, 0.5) is 0 Å². The summed E-state index contributed by atoms with van der Waals surface area (Å²) in [5.74, 6) is 5.99. The van der Waals surface area contributed by atoms with Crippen LogP contribution in [0.15, 0.2) is 12.1 Å². The molecular weight excluding hydrogens is 120 g/mol. The van der Waals surface area contributed by atoms with Gasteiger partial charge in [0.25, 0.3) is 0 Å². The molecule has 0 aromatic heterocycles. The third kappa shape index (κ3) is 0.282. The molecule has 3 aromatic rings. The Morgan fingerprint density at radius 2 is 1.30 bits per heavy atom. The summed E-state index contributed by atoms with van der Waals surface area (Å²) < 4.78 is 0. The van der Waals surface area contributed by atoms with E-state index in [0.29, 0.717) is 0 Å². The van der Waals surface area contributed by atoms with Crippen molar-refractivity contribution in [3.63, 3.8) is 0 Å². The third-order valence-corrected chi connectivity index (χ3v) is 1.85. The van der Waals surface area contributed by atoms with Gasteiger partial charge in [-0.1, -0.05) is 24.0 Å². The molecule has 0 radical (unpaired) electrons. The van der Waals surface area contributed by atoms with Gasteiger partial charge >= 0.3 is 0 Å². The van der Waals surface area contributed by atoms with Crippen molar-refractivity contribution in [1.29, 1.82) is 0 Å². The van der Waals surface area contributed by atoms with Crippen molar-refractivity contribution >= 4 is 10.8 Å². The Bertz CT molecular complexity index is 393. The van der Waals surface area contributed by atoms with Gasteiger partial charge in [0.1, 0.15) is 0 Å². The molecule has 0 unspecified atom stereocenters. The van der Waals surface area contributed by atoms with E-state index in [1.807, 2.05) is 12.1 Å². The van der Waals surface area contributed by atoms with E-state index in [9.17, 15) is 0 Å². The van der Waals surface area contributed by atoms with Crippen molar-refractivity contribution in [2.45, 2.75) is 0 Å². The highest BCUT2D eigenvalue weighted by molar-refractivity contribution is 5.87. The Morgan fingerprint density at radius 3 is 1.50 bits per heavy atom. The lowest BCUT2D eigenvalue weighted by molar-refractivity contribution is 1.62. The highest BCUT2D eigenvalue weighted by Gasteiger charge is 2.10. The Hall–Kier alpha value is -1.66. The molecule has 0 saturated heterocycles. The van der Waals surface area contributed by atoms with Gasteiger partial charge in [-0.15, -0.1) is 0 Å². The van der Waals surface area contributed by atoms with E-state index in [0.717, 1.165) is 21.9 Å². The zero-order chi connectivity index (χ0) is 6.55. The smallest absolute Gasteiger partial charge is 0.0575 e. The molecule has 0 fully saturated rings. The predicted octanol–water partition coefficient (Wildman–Crippen LogP) is 1.59. The molecule has 0 spiro atoms. The molecule has 0 heteroatoms. The standard InChI is InChI=1S/C10H2/c1-2-8-4-3-7(1)9-5-6-10(8)9/h1-2H. The summed E-state index contributed by atoms with van der Waals surface area (Å²) in [5.41, 5.74) is 2.33. The Labute approximate surface area is 58.8 Å². The highest BCUT2D eigenvalue weighted by Crippen LogP contribution is 2.24. The fourth-order valence-electron chi connectivity index (χ4n) is 1.27. The maximum atomic E-state index is 3.03. The molecule has 42 valence electrons. The highest BCUT2D eigenvalue weighted by atomic mass is 14.1. The Morgan fingerprint density at radius 1 is 0.800 bits per heavy atom. The Kier molecular flexibility index (Phi) is 0.464. The predicted molar refractivity (Wildman–Crippen MR) is 38.8 cm³/mol. The van der Waals surface area contributed by atoms with Gasteiger partial charge in [-0.3, -0.25) is 0 Å². The lowest BCUT2D eigenvalue weighted by Gasteiger charge is -2.07. The lowest BCUT2D eigenvalue weighted by atomic mass is 9.93. The summed E-state index contributed by atoms with van der Waals surface area (Å²) >= 11 is 0. The molecule has 1 aliphatic carbocycles. The van der Waals surface area contributed by atoms with Crippen LogP contribution in [-0.4, -0.2) is 0 Å². The van der Waals surface area contributed by atoms with Crippen molar-refractivity contribution < 1.29 is 0 Å². The largest absolute Gasteiger partial charge is 0.0602 e. The normalized spacial score (nSPS) is 11.2. The molecule has 0 heterocycles. The second-order valence-electron chi connectivity index (χ2n) is 2.41. The molecule has 0 saturated carbocycles. The molecule has 1 aliphatic rings. The van der Waals surface area contributed by atoms with Crippen molar-refractivity contribution in [2.75, 3.05) is 0 Å². The lowest BCUT2D eigenvalue weighted by Crippen LogP contribution is -1.94. The van der Waals surface area contributed by atoms with Gasteiger partial charge < -0.3 is 0 Å². The minimum atomic E-state index is 1.10. The summed E-state index contributed by atoms with van der Waals surface area (Å²) in [7, 11) is 0. The van der Waals surface area contributed by atoms with Gasteiger partial charge in [-0.25, -0.2) is 0 Å². The van der Waals surface area contributed by atoms with Gasteiger partial charge in [0.2, 0.25) is 0 Å². The molecule has 0 amide bonds. The number of hydrogen-bond acceptors (Lipinski definition) is 0. The third-order valence-electron chi connectivity index (χ3n) is 1.85. The van der Waals surface area contributed by atoms with Crippen LogP contribution in [-0.2, 0) is 0 Å². The maximum Gasteiger partial charge on any atom is 0.0575 e. The van der Waals surface area contributed by atoms with Gasteiger partial charge in [0, 0.05) is 10.8 Å². The SMILES string of the molecule is C1#Cc2c1c1c#cc2cc1. The van der Waals surface area contributed by atoms with Crippen LogP contribution in [0.5, 0.6) is 0 Å². The van der Waals surface area contributed by atoms with Crippen LogP contribution >= 0.6 is 0 Å². The van der Waals surface area contributed by atoms with Crippen LogP contribution in [0.2, 0.25) is 0 Å².